The summed E-state index contributed by atoms with van der Waals surface area (Å²) in [6.45, 7) is 5.11. The SMILES string of the molecule is Cc1ccc(CN2Cc3ccccc3C2)nc1. The summed E-state index contributed by atoms with van der Waals surface area (Å²) in [6.07, 6.45) is 1.94. The van der Waals surface area contributed by atoms with E-state index in [0.29, 0.717) is 0 Å². The van der Waals surface area contributed by atoms with E-state index in [9.17, 15) is 0 Å². The molecule has 0 atom stereocenters. The van der Waals surface area contributed by atoms with Crippen molar-refractivity contribution in [3.8, 4) is 0 Å². The zero-order valence-corrected chi connectivity index (χ0v) is 10.1. The third-order valence-electron chi connectivity index (χ3n) is 3.26. The Balaban J connectivity index is 1.71. The Bertz CT molecular complexity index is 492. The van der Waals surface area contributed by atoms with E-state index in [1.807, 2.05) is 6.20 Å². The van der Waals surface area contributed by atoms with Crippen molar-refractivity contribution >= 4 is 0 Å². The van der Waals surface area contributed by atoms with Crippen molar-refractivity contribution in [2.45, 2.75) is 26.6 Å². The van der Waals surface area contributed by atoms with Gasteiger partial charge in [-0.2, -0.15) is 0 Å². The molecule has 0 unspecified atom stereocenters. The maximum atomic E-state index is 4.46. The van der Waals surface area contributed by atoms with Crippen molar-refractivity contribution in [2.24, 2.45) is 0 Å². The van der Waals surface area contributed by atoms with E-state index >= 15 is 0 Å². The lowest BCUT2D eigenvalue weighted by Crippen LogP contribution is -2.16. The molecule has 0 radical (unpaired) electrons. The van der Waals surface area contributed by atoms with Crippen LogP contribution in [0.15, 0.2) is 42.6 Å². The maximum Gasteiger partial charge on any atom is 0.0544 e. The quantitative estimate of drug-likeness (QED) is 0.779. The highest BCUT2D eigenvalue weighted by Crippen LogP contribution is 2.23. The predicted molar refractivity (Wildman–Crippen MR) is 68.4 cm³/mol. The minimum absolute atomic E-state index is 0.939. The molecule has 1 aliphatic heterocycles. The number of benzene rings is 1. The van der Waals surface area contributed by atoms with E-state index in [1.54, 1.807) is 0 Å². The van der Waals surface area contributed by atoms with E-state index in [0.717, 1.165) is 25.3 Å². The Hall–Kier alpha value is -1.67. The van der Waals surface area contributed by atoms with Crippen LogP contribution in [0.3, 0.4) is 0 Å². The van der Waals surface area contributed by atoms with Gasteiger partial charge in [0.2, 0.25) is 0 Å². The average Bonchev–Trinajstić information content (AvgIpc) is 2.74. The minimum atomic E-state index is 0.939. The number of aromatic nitrogens is 1. The highest BCUT2D eigenvalue weighted by atomic mass is 15.1. The Labute approximate surface area is 102 Å². The van der Waals surface area contributed by atoms with Crippen LogP contribution >= 0.6 is 0 Å². The standard InChI is InChI=1S/C15H16N2/c1-12-6-7-15(16-8-12)11-17-9-13-4-2-3-5-14(13)10-17/h2-8H,9-11H2,1H3. The summed E-state index contributed by atoms with van der Waals surface area (Å²) in [5.74, 6) is 0. The van der Waals surface area contributed by atoms with Crippen LogP contribution in [0.1, 0.15) is 22.4 Å². The molecule has 0 bridgehead atoms. The Morgan fingerprint density at radius 1 is 1.06 bits per heavy atom. The fourth-order valence-corrected chi connectivity index (χ4v) is 2.34. The zero-order chi connectivity index (χ0) is 11.7. The summed E-state index contributed by atoms with van der Waals surface area (Å²) >= 11 is 0. The van der Waals surface area contributed by atoms with E-state index in [-0.39, 0.29) is 0 Å². The van der Waals surface area contributed by atoms with E-state index < -0.39 is 0 Å². The third-order valence-corrected chi connectivity index (χ3v) is 3.26. The monoisotopic (exact) mass is 224 g/mol. The van der Waals surface area contributed by atoms with Crippen molar-refractivity contribution in [3.05, 3.63) is 65.0 Å². The molecule has 1 aromatic heterocycles. The third kappa shape index (κ3) is 2.22. The smallest absolute Gasteiger partial charge is 0.0544 e. The molecule has 0 fully saturated rings. The van der Waals surface area contributed by atoms with E-state index in [2.05, 4.69) is 53.2 Å². The second-order valence-electron chi connectivity index (χ2n) is 4.74. The van der Waals surface area contributed by atoms with Crippen molar-refractivity contribution in [3.63, 3.8) is 0 Å². The van der Waals surface area contributed by atoms with Crippen LogP contribution in [0.5, 0.6) is 0 Å². The lowest BCUT2D eigenvalue weighted by atomic mass is 10.1. The summed E-state index contributed by atoms with van der Waals surface area (Å²) in [5.41, 5.74) is 5.29. The summed E-state index contributed by atoms with van der Waals surface area (Å²) in [4.78, 5) is 6.90. The molecule has 1 aromatic carbocycles. The van der Waals surface area contributed by atoms with Crippen molar-refractivity contribution in [1.29, 1.82) is 0 Å². The summed E-state index contributed by atoms with van der Waals surface area (Å²) in [5, 5.41) is 0. The highest BCUT2D eigenvalue weighted by molar-refractivity contribution is 5.30. The first-order valence-corrected chi connectivity index (χ1v) is 6.02. The van der Waals surface area contributed by atoms with Gasteiger partial charge >= 0.3 is 0 Å². The van der Waals surface area contributed by atoms with Crippen LogP contribution in [0, 0.1) is 6.92 Å². The van der Waals surface area contributed by atoms with Gasteiger partial charge in [0.25, 0.3) is 0 Å². The van der Waals surface area contributed by atoms with E-state index in [1.165, 1.54) is 16.7 Å². The van der Waals surface area contributed by atoms with Gasteiger partial charge in [-0.05, 0) is 29.7 Å². The Morgan fingerprint density at radius 3 is 2.35 bits per heavy atom. The van der Waals surface area contributed by atoms with Crippen LogP contribution in [0.2, 0.25) is 0 Å². The molecule has 2 aromatic rings. The molecule has 0 amide bonds. The molecule has 0 spiro atoms. The van der Waals surface area contributed by atoms with Crippen molar-refractivity contribution in [1.82, 2.24) is 9.88 Å². The van der Waals surface area contributed by atoms with Crippen LogP contribution in [0.4, 0.5) is 0 Å². The first-order chi connectivity index (χ1) is 8.31. The first kappa shape index (κ1) is 10.5. The van der Waals surface area contributed by atoms with E-state index in [4.69, 9.17) is 0 Å². The lowest BCUT2D eigenvalue weighted by Gasteiger charge is -2.13. The molecular weight excluding hydrogens is 208 g/mol. The highest BCUT2D eigenvalue weighted by Gasteiger charge is 2.18. The van der Waals surface area contributed by atoms with Crippen LogP contribution in [-0.4, -0.2) is 9.88 Å². The molecule has 0 N–H and O–H groups in total. The fourth-order valence-electron chi connectivity index (χ4n) is 2.34. The Kier molecular flexibility index (Phi) is 2.65. The first-order valence-electron chi connectivity index (χ1n) is 6.02. The van der Waals surface area contributed by atoms with Gasteiger partial charge in [0.15, 0.2) is 0 Å². The molecule has 0 saturated heterocycles. The largest absolute Gasteiger partial charge is 0.289 e. The van der Waals surface area contributed by atoms with Gasteiger partial charge in [-0.25, -0.2) is 0 Å². The molecule has 1 aliphatic rings. The van der Waals surface area contributed by atoms with Crippen LogP contribution in [-0.2, 0) is 19.6 Å². The molecule has 3 rings (SSSR count). The zero-order valence-electron chi connectivity index (χ0n) is 10.1. The summed E-state index contributed by atoms with van der Waals surface area (Å²) < 4.78 is 0. The molecule has 86 valence electrons. The molecular formula is C15H16N2. The summed E-state index contributed by atoms with van der Waals surface area (Å²) in [7, 11) is 0. The topological polar surface area (TPSA) is 16.1 Å². The lowest BCUT2D eigenvalue weighted by molar-refractivity contribution is 0.272. The molecule has 2 heterocycles. The average molecular weight is 224 g/mol. The maximum absolute atomic E-state index is 4.46. The predicted octanol–water partition coefficient (Wildman–Crippen LogP) is 2.91. The minimum Gasteiger partial charge on any atom is -0.289 e. The van der Waals surface area contributed by atoms with Gasteiger partial charge in [-0.1, -0.05) is 30.3 Å². The van der Waals surface area contributed by atoms with Gasteiger partial charge in [0.1, 0.15) is 0 Å². The molecule has 0 saturated carbocycles. The Morgan fingerprint density at radius 2 is 1.76 bits per heavy atom. The molecule has 2 nitrogen and oxygen atoms in total. The summed E-state index contributed by atoms with van der Waals surface area (Å²) in [6, 6.07) is 12.9. The number of pyridine rings is 1. The van der Waals surface area contributed by atoms with Crippen LogP contribution < -0.4 is 0 Å². The number of rotatable bonds is 2. The van der Waals surface area contributed by atoms with Crippen molar-refractivity contribution < 1.29 is 0 Å². The number of nitrogens with zero attached hydrogens (tertiary/aromatic N) is 2. The second-order valence-corrected chi connectivity index (χ2v) is 4.74. The van der Waals surface area contributed by atoms with Gasteiger partial charge in [-0.3, -0.25) is 9.88 Å². The number of fused-ring (bicyclic) bond motifs is 1. The number of hydrogen-bond donors (Lipinski definition) is 0. The molecule has 0 aliphatic carbocycles. The number of hydrogen-bond acceptors (Lipinski definition) is 2. The molecule has 17 heavy (non-hydrogen) atoms. The normalized spacial score (nSPS) is 14.9. The second kappa shape index (κ2) is 4.30. The van der Waals surface area contributed by atoms with Gasteiger partial charge in [0, 0.05) is 25.8 Å². The molecule has 2 heteroatoms. The van der Waals surface area contributed by atoms with Crippen LogP contribution in [0.25, 0.3) is 0 Å². The van der Waals surface area contributed by atoms with Gasteiger partial charge in [-0.15, -0.1) is 0 Å². The number of aryl methyl sites for hydroxylation is 1. The van der Waals surface area contributed by atoms with Crippen molar-refractivity contribution in [2.75, 3.05) is 0 Å². The van der Waals surface area contributed by atoms with Gasteiger partial charge in [0.05, 0.1) is 5.69 Å². The fraction of sp³-hybridized carbons (Fsp3) is 0.267. The van der Waals surface area contributed by atoms with Gasteiger partial charge < -0.3 is 0 Å².